The molecule has 18 heavy (non-hydrogen) atoms. The summed E-state index contributed by atoms with van der Waals surface area (Å²) in [6, 6.07) is 2.20. The molecule has 0 saturated carbocycles. The van der Waals surface area contributed by atoms with E-state index in [0.717, 1.165) is 12.8 Å². The fourth-order valence-corrected chi connectivity index (χ4v) is 2.82. The lowest BCUT2D eigenvalue weighted by molar-refractivity contribution is -0.140. The summed E-state index contributed by atoms with van der Waals surface area (Å²) in [5.41, 5.74) is 8.96. The minimum absolute atomic E-state index is 0.114. The van der Waals surface area contributed by atoms with E-state index in [4.69, 9.17) is 5.73 Å². The van der Waals surface area contributed by atoms with E-state index in [2.05, 4.69) is 29.2 Å². The number of nitrogens with two attached hydrogens (primary N) is 1. The molecule has 1 aliphatic rings. The van der Waals surface area contributed by atoms with Gasteiger partial charge in [0.05, 0.1) is 13.5 Å². The van der Waals surface area contributed by atoms with Gasteiger partial charge in [0.1, 0.15) is 0 Å². The Hall–Kier alpha value is -1.29. The van der Waals surface area contributed by atoms with Crippen molar-refractivity contribution in [3.05, 3.63) is 23.5 Å². The van der Waals surface area contributed by atoms with Crippen LogP contribution in [0.3, 0.4) is 0 Å². The summed E-state index contributed by atoms with van der Waals surface area (Å²) in [5.74, 6) is -0.170. The van der Waals surface area contributed by atoms with Crippen LogP contribution in [-0.4, -0.2) is 17.6 Å². The largest absolute Gasteiger partial charge is 0.469 e. The van der Waals surface area contributed by atoms with Gasteiger partial charge >= 0.3 is 5.97 Å². The van der Waals surface area contributed by atoms with E-state index in [1.165, 1.54) is 18.4 Å². The van der Waals surface area contributed by atoms with Crippen LogP contribution in [0, 0.1) is 5.41 Å². The number of esters is 1. The van der Waals surface area contributed by atoms with Crippen molar-refractivity contribution in [2.75, 3.05) is 7.11 Å². The molecular weight excluding hydrogens is 228 g/mol. The molecule has 1 aliphatic carbocycles. The van der Waals surface area contributed by atoms with E-state index in [1.54, 1.807) is 0 Å². The number of hydrogen-bond donors (Lipinski definition) is 1. The summed E-state index contributed by atoms with van der Waals surface area (Å²) in [6.45, 7) is 5.16. The Labute approximate surface area is 108 Å². The number of hydrogen-bond acceptors (Lipinski definition) is 3. The Morgan fingerprint density at radius 3 is 3.00 bits per heavy atom. The molecule has 1 aromatic rings. The maximum absolute atomic E-state index is 11.2. The third-order valence-electron chi connectivity index (χ3n) is 3.72. The monoisotopic (exact) mass is 250 g/mol. The van der Waals surface area contributed by atoms with E-state index in [0.29, 0.717) is 13.0 Å². The standard InChI is InChI=1S/C14H22N2O2/c1-14(2)8-11(15)10-4-6-16(12(10)9-14)7-5-13(17)18-3/h4,6,11H,5,7-9,15H2,1-3H3. The van der Waals surface area contributed by atoms with Gasteiger partial charge in [0.25, 0.3) is 0 Å². The van der Waals surface area contributed by atoms with Crippen LogP contribution >= 0.6 is 0 Å². The van der Waals surface area contributed by atoms with Crippen molar-refractivity contribution in [2.45, 2.75) is 45.7 Å². The van der Waals surface area contributed by atoms with Crippen LogP contribution in [0.2, 0.25) is 0 Å². The molecular formula is C14H22N2O2. The van der Waals surface area contributed by atoms with Crippen molar-refractivity contribution >= 4 is 5.97 Å². The first-order valence-corrected chi connectivity index (χ1v) is 6.43. The molecule has 1 atom stereocenters. The summed E-state index contributed by atoms with van der Waals surface area (Å²) >= 11 is 0. The minimum Gasteiger partial charge on any atom is -0.469 e. The Kier molecular flexibility index (Phi) is 3.48. The van der Waals surface area contributed by atoms with Gasteiger partial charge in [-0.1, -0.05) is 13.8 Å². The van der Waals surface area contributed by atoms with Gasteiger partial charge in [-0.15, -0.1) is 0 Å². The van der Waals surface area contributed by atoms with Crippen LogP contribution in [0.5, 0.6) is 0 Å². The lowest BCUT2D eigenvalue weighted by Gasteiger charge is -2.34. The van der Waals surface area contributed by atoms with Crippen molar-refractivity contribution in [3.63, 3.8) is 0 Å². The van der Waals surface area contributed by atoms with Gasteiger partial charge in [0, 0.05) is 24.5 Å². The number of fused-ring (bicyclic) bond motifs is 1. The Morgan fingerprint density at radius 2 is 2.33 bits per heavy atom. The smallest absolute Gasteiger partial charge is 0.307 e. The van der Waals surface area contributed by atoms with Crippen molar-refractivity contribution in [2.24, 2.45) is 11.1 Å². The number of methoxy groups -OCH3 is 1. The van der Waals surface area contributed by atoms with E-state index in [9.17, 15) is 4.79 Å². The number of ether oxygens (including phenoxy) is 1. The van der Waals surface area contributed by atoms with Crippen molar-refractivity contribution < 1.29 is 9.53 Å². The number of aryl methyl sites for hydroxylation is 1. The second-order valence-electron chi connectivity index (χ2n) is 5.89. The molecule has 0 aromatic carbocycles. The molecule has 1 heterocycles. The SMILES string of the molecule is COC(=O)CCn1ccc2c1CC(C)(C)CC2N. The zero-order chi connectivity index (χ0) is 13.3. The van der Waals surface area contributed by atoms with Gasteiger partial charge < -0.3 is 15.0 Å². The first-order chi connectivity index (χ1) is 8.43. The molecule has 0 radical (unpaired) electrons. The summed E-state index contributed by atoms with van der Waals surface area (Å²) < 4.78 is 6.82. The van der Waals surface area contributed by atoms with Crippen LogP contribution < -0.4 is 5.73 Å². The highest BCUT2D eigenvalue weighted by atomic mass is 16.5. The molecule has 2 N–H and O–H groups in total. The van der Waals surface area contributed by atoms with Crippen LogP contribution in [-0.2, 0) is 22.5 Å². The van der Waals surface area contributed by atoms with Crippen LogP contribution in [0.4, 0.5) is 0 Å². The average Bonchev–Trinajstić information content (AvgIpc) is 2.67. The van der Waals surface area contributed by atoms with Crippen LogP contribution in [0.25, 0.3) is 0 Å². The number of carbonyl (C=O) groups excluding carboxylic acids is 1. The maximum Gasteiger partial charge on any atom is 0.307 e. The number of carbonyl (C=O) groups is 1. The number of rotatable bonds is 3. The van der Waals surface area contributed by atoms with Gasteiger partial charge in [-0.2, -0.15) is 0 Å². The first kappa shape index (κ1) is 13.1. The third-order valence-corrected chi connectivity index (χ3v) is 3.72. The highest BCUT2D eigenvalue weighted by Gasteiger charge is 2.32. The average molecular weight is 250 g/mol. The van der Waals surface area contributed by atoms with E-state index in [-0.39, 0.29) is 17.4 Å². The minimum atomic E-state index is -0.170. The lowest BCUT2D eigenvalue weighted by Crippen LogP contribution is -2.30. The predicted molar refractivity (Wildman–Crippen MR) is 70.1 cm³/mol. The van der Waals surface area contributed by atoms with Crippen molar-refractivity contribution in [1.29, 1.82) is 0 Å². The second-order valence-corrected chi connectivity index (χ2v) is 5.89. The second kappa shape index (κ2) is 4.76. The Balaban J connectivity index is 2.17. The molecule has 0 bridgehead atoms. The molecule has 4 nitrogen and oxygen atoms in total. The van der Waals surface area contributed by atoms with Gasteiger partial charge in [-0.3, -0.25) is 4.79 Å². The summed E-state index contributed by atoms with van der Waals surface area (Å²) in [6.07, 6.45) is 4.48. The van der Waals surface area contributed by atoms with Gasteiger partial charge in [0.15, 0.2) is 0 Å². The Bertz CT molecular complexity index is 449. The topological polar surface area (TPSA) is 57.2 Å². The predicted octanol–water partition coefficient (Wildman–Crippen LogP) is 2.02. The lowest BCUT2D eigenvalue weighted by atomic mass is 9.74. The molecule has 0 aliphatic heterocycles. The van der Waals surface area contributed by atoms with E-state index >= 15 is 0 Å². The fraction of sp³-hybridized carbons (Fsp3) is 0.643. The van der Waals surface area contributed by atoms with Crippen LogP contribution in [0.1, 0.15) is 44.0 Å². The molecule has 4 heteroatoms. The third kappa shape index (κ3) is 2.58. The van der Waals surface area contributed by atoms with E-state index < -0.39 is 0 Å². The zero-order valence-corrected chi connectivity index (χ0v) is 11.4. The quantitative estimate of drug-likeness (QED) is 0.835. The maximum atomic E-state index is 11.2. The molecule has 0 saturated heterocycles. The number of nitrogens with zero attached hydrogens (tertiary/aromatic N) is 1. The van der Waals surface area contributed by atoms with Gasteiger partial charge in [-0.25, -0.2) is 0 Å². The zero-order valence-electron chi connectivity index (χ0n) is 11.4. The van der Waals surface area contributed by atoms with Gasteiger partial charge in [0.2, 0.25) is 0 Å². The van der Waals surface area contributed by atoms with E-state index in [1.807, 2.05) is 6.20 Å². The molecule has 1 aromatic heterocycles. The highest BCUT2D eigenvalue weighted by Crippen LogP contribution is 2.39. The normalized spacial score (nSPS) is 21.4. The summed E-state index contributed by atoms with van der Waals surface area (Å²) in [7, 11) is 1.42. The fourth-order valence-electron chi connectivity index (χ4n) is 2.82. The van der Waals surface area contributed by atoms with Crippen molar-refractivity contribution in [1.82, 2.24) is 4.57 Å². The molecule has 2 rings (SSSR count). The molecule has 0 amide bonds. The van der Waals surface area contributed by atoms with Gasteiger partial charge in [-0.05, 0) is 29.9 Å². The first-order valence-electron chi connectivity index (χ1n) is 6.43. The van der Waals surface area contributed by atoms with Crippen molar-refractivity contribution in [3.8, 4) is 0 Å². The molecule has 1 unspecified atom stereocenters. The highest BCUT2D eigenvalue weighted by molar-refractivity contribution is 5.69. The molecule has 0 fully saturated rings. The van der Waals surface area contributed by atoms with Crippen LogP contribution in [0.15, 0.2) is 12.3 Å². The molecule has 0 spiro atoms. The molecule has 100 valence electrons. The summed E-state index contributed by atoms with van der Waals surface area (Å²) in [5, 5.41) is 0. The number of aromatic nitrogens is 1. The Morgan fingerprint density at radius 1 is 1.61 bits per heavy atom. The summed E-state index contributed by atoms with van der Waals surface area (Å²) in [4.78, 5) is 11.2.